The summed E-state index contributed by atoms with van der Waals surface area (Å²) in [5, 5.41) is 0.189. The number of ether oxygens (including phenoxy) is 4. The molecule has 0 unspecified atom stereocenters. The Morgan fingerprint density at radius 3 is 2.50 bits per heavy atom. The van der Waals surface area contributed by atoms with Crippen LogP contribution in [0.2, 0.25) is 5.02 Å². The lowest BCUT2D eigenvalue weighted by molar-refractivity contribution is -0.148. The molecule has 3 rings (SSSR count). The minimum atomic E-state index is -0.745. The van der Waals surface area contributed by atoms with Crippen LogP contribution in [0.1, 0.15) is 30.1 Å². The molecular formula is C20H25ClN2O7. The molecular weight excluding hydrogens is 416 g/mol. The van der Waals surface area contributed by atoms with Crippen LogP contribution in [-0.2, 0) is 14.3 Å². The Bertz CT molecular complexity index is 824. The third-order valence-corrected chi connectivity index (χ3v) is 5.71. The Morgan fingerprint density at radius 1 is 1.20 bits per heavy atom. The van der Waals surface area contributed by atoms with E-state index in [4.69, 9.17) is 30.5 Å². The van der Waals surface area contributed by atoms with Crippen LogP contribution in [0.15, 0.2) is 12.1 Å². The number of rotatable bonds is 6. The van der Waals surface area contributed by atoms with Gasteiger partial charge in [-0.3, -0.25) is 9.69 Å². The second kappa shape index (κ2) is 9.42. The van der Waals surface area contributed by atoms with Crippen molar-refractivity contribution in [3.05, 3.63) is 22.7 Å². The first-order valence-electron chi connectivity index (χ1n) is 9.74. The molecule has 164 valence electrons. The molecule has 0 bridgehead atoms. The van der Waals surface area contributed by atoms with E-state index in [1.807, 2.05) is 0 Å². The normalized spacial score (nSPS) is 19.5. The van der Waals surface area contributed by atoms with E-state index < -0.39 is 18.1 Å². The molecule has 2 aliphatic heterocycles. The van der Waals surface area contributed by atoms with Gasteiger partial charge >= 0.3 is 12.1 Å². The van der Waals surface area contributed by atoms with Crippen LogP contribution in [-0.4, -0.2) is 80.4 Å². The Kier molecular flexibility index (Phi) is 6.91. The van der Waals surface area contributed by atoms with E-state index in [1.165, 1.54) is 19.1 Å². The molecule has 0 N–H and O–H groups in total. The van der Waals surface area contributed by atoms with Crippen LogP contribution in [0.5, 0.6) is 11.5 Å². The number of benzene rings is 1. The highest BCUT2D eigenvalue weighted by Gasteiger charge is 2.44. The molecule has 30 heavy (non-hydrogen) atoms. The fourth-order valence-corrected chi connectivity index (χ4v) is 4.14. The van der Waals surface area contributed by atoms with Crippen LogP contribution in [0, 0.1) is 0 Å². The van der Waals surface area contributed by atoms with E-state index in [-0.39, 0.29) is 30.2 Å². The maximum atomic E-state index is 13.0. The van der Waals surface area contributed by atoms with Crippen molar-refractivity contribution in [3.63, 3.8) is 0 Å². The first-order chi connectivity index (χ1) is 14.4. The molecule has 2 heterocycles. The molecule has 9 nitrogen and oxygen atoms in total. The van der Waals surface area contributed by atoms with E-state index in [0.29, 0.717) is 43.0 Å². The fourth-order valence-electron chi connectivity index (χ4n) is 3.83. The van der Waals surface area contributed by atoms with Crippen LogP contribution in [0.3, 0.4) is 0 Å². The predicted octanol–water partition coefficient (Wildman–Crippen LogP) is 2.35. The van der Waals surface area contributed by atoms with Gasteiger partial charge in [-0.1, -0.05) is 11.6 Å². The Balaban J connectivity index is 1.69. The minimum absolute atomic E-state index is 0.0158. The van der Waals surface area contributed by atoms with Crippen molar-refractivity contribution in [1.29, 1.82) is 0 Å². The topological polar surface area (TPSA) is 94.6 Å². The Morgan fingerprint density at radius 2 is 1.90 bits per heavy atom. The largest absolute Gasteiger partial charge is 0.493 e. The zero-order valence-corrected chi connectivity index (χ0v) is 17.9. The minimum Gasteiger partial charge on any atom is -0.493 e. The van der Waals surface area contributed by atoms with E-state index in [9.17, 15) is 14.4 Å². The number of likely N-dealkylation sites (tertiary alicyclic amines) is 1. The molecule has 0 radical (unpaired) electrons. The van der Waals surface area contributed by atoms with Gasteiger partial charge in [-0.15, -0.1) is 0 Å². The predicted molar refractivity (Wildman–Crippen MR) is 107 cm³/mol. The highest BCUT2D eigenvalue weighted by Crippen LogP contribution is 2.38. The van der Waals surface area contributed by atoms with Gasteiger partial charge in [-0.25, -0.2) is 9.59 Å². The maximum Gasteiger partial charge on any atom is 0.410 e. The number of carbonyl (C=O) groups is 3. The summed E-state index contributed by atoms with van der Waals surface area (Å²) in [4.78, 5) is 40.5. The standard InChI is InChI=1S/C20H25ClN2O7/c1-4-29-19(25)14-11-30-20(26)23(14)12-7-9-22(10-8-12)18(24)13-5-6-15(27-2)17(28-3)16(13)21/h5-6,12,14H,4,7-11H2,1-3H3/t14-/m0/s1. The molecule has 2 amide bonds. The van der Waals surface area contributed by atoms with Crippen molar-refractivity contribution >= 4 is 29.6 Å². The van der Waals surface area contributed by atoms with Crippen LogP contribution < -0.4 is 9.47 Å². The van der Waals surface area contributed by atoms with Crippen molar-refractivity contribution in [2.45, 2.75) is 31.8 Å². The van der Waals surface area contributed by atoms with Gasteiger partial charge in [0.2, 0.25) is 0 Å². The van der Waals surface area contributed by atoms with E-state index in [1.54, 1.807) is 24.0 Å². The molecule has 2 fully saturated rings. The maximum absolute atomic E-state index is 13.0. The van der Waals surface area contributed by atoms with Crippen LogP contribution in [0.25, 0.3) is 0 Å². The number of esters is 1. The molecule has 0 aliphatic carbocycles. The van der Waals surface area contributed by atoms with E-state index in [0.717, 1.165) is 0 Å². The summed E-state index contributed by atoms with van der Waals surface area (Å²) in [6, 6.07) is 2.28. The SMILES string of the molecule is CCOC(=O)[C@@H]1COC(=O)N1C1CCN(C(=O)c2ccc(OC)c(OC)c2Cl)CC1. The number of piperidine rings is 1. The quantitative estimate of drug-likeness (QED) is 0.626. The van der Waals surface area contributed by atoms with Crippen LogP contribution in [0.4, 0.5) is 4.79 Å². The van der Waals surface area contributed by atoms with Crippen molar-refractivity contribution in [2.75, 3.05) is 40.5 Å². The molecule has 0 aromatic heterocycles. The summed E-state index contributed by atoms with van der Waals surface area (Å²) in [6.45, 7) is 2.75. The molecule has 2 aliphatic rings. The van der Waals surface area contributed by atoms with Gasteiger partial charge in [-0.05, 0) is 31.9 Å². The van der Waals surface area contributed by atoms with Gasteiger partial charge in [0.25, 0.3) is 5.91 Å². The van der Waals surface area contributed by atoms with Gasteiger partial charge < -0.3 is 23.8 Å². The summed E-state index contributed by atoms with van der Waals surface area (Å²) in [7, 11) is 2.95. The van der Waals surface area contributed by atoms with Crippen molar-refractivity contribution in [3.8, 4) is 11.5 Å². The summed E-state index contributed by atoms with van der Waals surface area (Å²) < 4.78 is 20.6. The number of cyclic esters (lactones) is 1. The highest BCUT2D eigenvalue weighted by atomic mass is 35.5. The Hall–Kier alpha value is -2.68. The summed E-state index contributed by atoms with van der Waals surface area (Å²) in [6.07, 6.45) is 0.504. The fraction of sp³-hybridized carbons (Fsp3) is 0.550. The number of carbonyl (C=O) groups excluding carboxylic acids is 3. The van der Waals surface area contributed by atoms with Gasteiger partial charge in [0.15, 0.2) is 17.5 Å². The van der Waals surface area contributed by atoms with Gasteiger partial charge in [-0.2, -0.15) is 0 Å². The van der Waals surface area contributed by atoms with Gasteiger partial charge in [0.1, 0.15) is 6.61 Å². The lowest BCUT2D eigenvalue weighted by Gasteiger charge is -2.37. The number of methoxy groups -OCH3 is 2. The zero-order valence-electron chi connectivity index (χ0n) is 17.2. The molecule has 1 aromatic rings. The molecule has 1 aromatic carbocycles. The summed E-state index contributed by atoms with van der Waals surface area (Å²) in [5.74, 6) is 0.0385. The van der Waals surface area contributed by atoms with E-state index >= 15 is 0 Å². The number of halogens is 1. The Labute approximate surface area is 179 Å². The third-order valence-electron chi connectivity index (χ3n) is 5.33. The number of hydrogen-bond acceptors (Lipinski definition) is 7. The average molecular weight is 441 g/mol. The van der Waals surface area contributed by atoms with Crippen molar-refractivity contribution in [1.82, 2.24) is 9.80 Å². The number of hydrogen-bond donors (Lipinski definition) is 0. The number of nitrogens with zero attached hydrogens (tertiary/aromatic N) is 2. The average Bonchev–Trinajstić information content (AvgIpc) is 3.14. The molecule has 1 atom stereocenters. The highest BCUT2D eigenvalue weighted by molar-refractivity contribution is 6.35. The van der Waals surface area contributed by atoms with Crippen molar-refractivity contribution in [2.24, 2.45) is 0 Å². The summed E-state index contributed by atoms with van der Waals surface area (Å²) >= 11 is 6.37. The summed E-state index contributed by atoms with van der Waals surface area (Å²) in [5.41, 5.74) is 0.317. The molecule has 0 spiro atoms. The smallest absolute Gasteiger partial charge is 0.410 e. The first kappa shape index (κ1) is 22.0. The van der Waals surface area contributed by atoms with Gasteiger partial charge in [0.05, 0.1) is 31.4 Å². The van der Waals surface area contributed by atoms with E-state index in [2.05, 4.69) is 0 Å². The van der Waals surface area contributed by atoms with Crippen molar-refractivity contribution < 1.29 is 33.3 Å². The second-order valence-corrected chi connectivity index (χ2v) is 7.32. The number of amides is 2. The lowest BCUT2D eigenvalue weighted by Crippen LogP contribution is -2.52. The molecule has 10 heteroatoms. The zero-order chi connectivity index (χ0) is 21.8. The monoisotopic (exact) mass is 440 g/mol. The van der Waals surface area contributed by atoms with Gasteiger partial charge in [0, 0.05) is 19.1 Å². The molecule has 0 saturated carbocycles. The second-order valence-electron chi connectivity index (χ2n) is 6.94. The first-order valence-corrected chi connectivity index (χ1v) is 10.1. The lowest BCUT2D eigenvalue weighted by atomic mass is 10.0. The third kappa shape index (κ3) is 4.12. The molecule has 2 saturated heterocycles. The van der Waals surface area contributed by atoms with Crippen LogP contribution >= 0.6 is 11.6 Å².